The molecule has 0 amide bonds. The molecule has 0 atom stereocenters. The van der Waals surface area contributed by atoms with Crippen molar-refractivity contribution in [1.29, 1.82) is 0 Å². The van der Waals surface area contributed by atoms with Crippen LogP contribution in [0.4, 0.5) is 5.95 Å². The van der Waals surface area contributed by atoms with E-state index in [1.165, 1.54) is 0 Å². The predicted octanol–water partition coefficient (Wildman–Crippen LogP) is 2.60. The topological polar surface area (TPSA) is 41.1 Å². The molecule has 0 aliphatic carbocycles. The minimum Gasteiger partial charge on any atom is -0.341 e. The van der Waals surface area contributed by atoms with E-state index in [2.05, 4.69) is 41.0 Å². The third-order valence-corrected chi connectivity index (χ3v) is 2.72. The summed E-state index contributed by atoms with van der Waals surface area (Å²) in [6.45, 7) is 10.5. The molecule has 0 saturated heterocycles. The van der Waals surface area contributed by atoms with E-state index in [-0.39, 0.29) is 0 Å². The summed E-state index contributed by atoms with van der Waals surface area (Å²) in [5.41, 5.74) is 1.15. The maximum atomic E-state index is 4.47. The smallest absolute Gasteiger partial charge is 0.225 e. The normalized spacial score (nSPS) is 10.6. The van der Waals surface area contributed by atoms with Crippen LogP contribution in [-0.2, 0) is 6.54 Å². The molecule has 4 heteroatoms. The van der Waals surface area contributed by atoms with Crippen molar-refractivity contribution in [2.75, 3.05) is 24.5 Å². The average molecular weight is 250 g/mol. The molecule has 1 aromatic heterocycles. The highest BCUT2D eigenvalue weighted by atomic mass is 15.2. The molecule has 0 aromatic carbocycles. The Morgan fingerprint density at radius 2 is 1.61 bits per heavy atom. The Kier molecular flexibility index (Phi) is 7.34. The van der Waals surface area contributed by atoms with Crippen LogP contribution in [0.2, 0.25) is 0 Å². The molecule has 0 radical (unpaired) electrons. The Bertz CT molecular complexity index is 304. The molecule has 4 nitrogen and oxygen atoms in total. The van der Waals surface area contributed by atoms with E-state index in [0.29, 0.717) is 0 Å². The number of nitrogens with zero attached hydrogens (tertiary/aromatic N) is 3. The van der Waals surface area contributed by atoms with Crippen LogP contribution in [0.1, 0.15) is 45.6 Å². The van der Waals surface area contributed by atoms with E-state index < -0.39 is 0 Å². The molecule has 0 aliphatic rings. The first kappa shape index (κ1) is 14.9. The molecule has 0 spiro atoms. The molecular formula is C14H26N4. The van der Waals surface area contributed by atoms with E-state index in [1.807, 2.05) is 12.4 Å². The summed E-state index contributed by atoms with van der Waals surface area (Å²) in [5, 5.41) is 3.36. The van der Waals surface area contributed by atoms with Gasteiger partial charge in [-0.25, -0.2) is 9.97 Å². The highest BCUT2D eigenvalue weighted by Gasteiger charge is 2.07. The second-order valence-corrected chi connectivity index (χ2v) is 4.56. The molecule has 0 aliphatic heterocycles. The predicted molar refractivity (Wildman–Crippen MR) is 76.8 cm³/mol. The maximum absolute atomic E-state index is 4.47. The molecule has 1 N–H and O–H groups in total. The molecule has 0 fully saturated rings. The van der Waals surface area contributed by atoms with Gasteiger partial charge in [-0.15, -0.1) is 0 Å². The SMILES string of the molecule is CCCNCc1cnc(N(CCC)CCC)nc1. The lowest BCUT2D eigenvalue weighted by atomic mass is 10.3. The van der Waals surface area contributed by atoms with Gasteiger partial charge < -0.3 is 10.2 Å². The average Bonchev–Trinajstić information content (AvgIpc) is 2.40. The van der Waals surface area contributed by atoms with Gasteiger partial charge in [0.25, 0.3) is 0 Å². The van der Waals surface area contributed by atoms with Crippen LogP contribution in [0.15, 0.2) is 12.4 Å². The fourth-order valence-electron chi connectivity index (χ4n) is 1.86. The Labute approximate surface area is 111 Å². The quantitative estimate of drug-likeness (QED) is 0.684. The zero-order valence-corrected chi connectivity index (χ0v) is 11.9. The van der Waals surface area contributed by atoms with Gasteiger partial charge in [-0.3, -0.25) is 0 Å². The lowest BCUT2D eigenvalue weighted by molar-refractivity contribution is 0.669. The Hall–Kier alpha value is -1.16. The Morgan fingerprint density at radius 1 is 1.00 bits per heavy atom. The van der Waals surface area contributed by atoms with E-state index in [9.17, 15) is 0 Å². The second-order valence-electron chi connectivity index (χ2n) is 4.56. The van der Waals surface area contributed by atoms with Gasteiger partial charge in [0.15, 0.2) is 0 Å². The van der Waals surface area contributed by atoms with Crippen molar-refractivity contribution in [3.05, 3.63) is 18.0 Å². The molecule has 0 bridgehead atoms. The number of anilines is 1. The van der Waals surface area contributed by atoms with Gasteiger partial charge in [0.2, 0.25) is 5.95 Å². The summed E-state index contributed by atoms with van der Waals surface area (Å²) >= 11 is 0. The van der Waals surface area contributed by atoms with Crippen molar-refractivity contribution in [2.45, 2.75) is 46.6 Å². The summed E-state index contributed by atoms with van der Waals surface area (Å²) in [7, 11) is 0. The van der Waals surface area contributed by atoms with E-state index in [1.54, 1.807) is 0 Å². The second kappa shape index (κ2) is 8.86. The Balaban J connectivity index is 2.56. The van der Waals surface area contributed by atoms with Gasteiger partial charge in [-0.05, 0) is 25.8 Å². The van der Waals surface area contributed by atoms with Crippen LogP contribution in [0.25, 0.3) is 0 Å². The zero-order valence-electron chi connectivity index (χ0n) is 11.9. The molecule has 0 saturated carbocycles. The van der Waals surface area contributed by atoms with Crippen molar-refractivity contribution in [2.24, 2.45) is 0 Å². The van der Waals surface area contributed by atoms with Crippen LogP contribution in [-0.4, -0.2) is 29.6 Å². The third-order valence-electron chi connectivity index (χ3n) is 2.72. The van der Waals surface area contributed by atoms with Crippen molar-refractivity contribution >= 4 is 5.95 Å². The fourth-order valence-corrected chi connectivity index (χ4v) is 1.86. The van der Waals surface area contributed by atoms with Gasteiger partial charge in [-0.2, -0.15) is 0 Å². The molecule has 18 heavy (non-hydrogen) atoms. The fraction of sp³-hybridized carbons (Fsp3) is 0.714. The standard InChI is InChI=1S/C14H26N4/c1-4-7-15-10-13-11-16-14(17-12-13)18(8-5-2)9-6-3/h11-12,15H,4-10H2,1-3H3. The number of aromatic nitrogens is 2. The minimum absolute atomic E-state index is 0.857. The van der Waals surface area contributed by atoms with E-state index >= 15 is 0 Å². The van der Waals surface area contributed by atoms with Crippen LogP contribution < -0.4 is 10.2 Å². The lowest BCUT2D eigenvalue weighted by Gasteiger charge is -2.21. The monoisotopic (exact) mass is 250 g/mol. The highest BCUT2D eigenvalue weighted by molar-refractivity contribution is 5.29. The summed E-state index contributed by atoms with van der Waals surface area (Å²) in [6, 6.07) is 0. The first-order valence-corrected chi connectivity index (χ1v) is 7.08. The van der Waals surface area contributed by atoms with Crippen LogP contribution in [0.5, 0.6) is 0 Å². The largest absolute Gasteiger partial charge is 0.341 e. The molecule has 102 valence electrons. The summed E-state index contributed by atoms with van der Waals surface area (Å²) in [6.07, 6.45) is 7.28. The number of nitrogens with one attached hydrogen (secondary N) is 1. The third kappa shape index (κ3) is 5.00. The van der Waals surface area contributed by atoms with Crippen LogP contribution in [0.3, 0.4) is 0 Å². The summed E-state index contributed by atoms with van der Waals surface area (Å²) in [5.74, 6) is 0.859. The zero-order chi connectivity index (χ0) is 13.2. The lowest BCUT2D eigenvalue weighted by Crippen LogP contribution is -2.27. The number of rotatable bonds is 9. The molecule has 1 heterocycles. The minimum atomic E-state index is 0.857. The van der Waals surface area contributed by atoms with Crippen molar-refractivity contribution in [3.63, 3.8) is 0 Å². The summed E-state index contributed by atoms with van der Waals surface area (Å²) in [4.78, 5) is 11.2. The maximum Gasteiger partial charge on any atom is 0.225 e. The van der Waals surface area contributed by atoms with Gasteiger partial charge in [0, 0.05) is 37.6 Å². The first-order valence-electron chi connectivity index (χ1n) is 7.08. The van der Waals surface area contributed by atoms with Crippen molar-refractivity contribution in [3.8, 4) is 0 Å². The molecule has 1 aromatic rings. The van der Waals surface area contributed by atoms with Crippen molar-refractivity contribution in [1.82, 2.24) is 15.3 Å². The van der Waals surface area contributed by atoms with Gasteiger partial charge >= 0.3 is 0 Å². The molecule has 0 unspecified atom stereocenters. The van der Waals surface area contributed by atoms with Gasteiger partial charge in [0.05, 0.1) is 0 Å². The highest BCUT2D eigenvalue weighted by Crippen LogP contribution is 2.08. The van der Waals surface area contributed by atoms with E-state index in [4.69, 9.17) is 0 Å². The number of hydrogen-bond donors (Lipinski definition) is 1. The van der Waals surface area contributed by atoms with Crippen LogP contribution in [0, 0.1) is 0 Å². The number of hydrogen-bond acceptors (Lipinski definition) is 4. The van der Waals surface area contributed by atoms with Gasteiger partial charge in [0.1, 0.15) is 0 Å². The van der Waals surface area contributed by atoms with E-state index in [0.717, 1.165) is 57.0 Å². The Morgan fingerprint density at radius 3 is 2.11 bits per heavy atom. The molecular weight excluding hydrogens is 224 g/mol. The molecule has 1 rings (SSSR count). The summed E-state index contributed by atoms with van der Waals surface area (Å²) < 4.78 is 0. The van der Waals surface area contributed by atoms with Gasteiger partial charge in [-0.1, -0.05) is 20.8 Å². The first-order chi connectivity index (χ1) is 8.81. The van der Waals surface area contributed by atoms with Crippen LogP contribution >= 0.6 is 0 Å². The van der Waals surface area contributed by atoms with Crippen molar-refractivity contribution < 1.29 is 0 Å².